The second-order valence-electron chi connectivity index (χ2n) is 8.19. The minimum Gasteiger partial charge on any atom is -0.208 e. The Hall–Kier alpha value is -1.74. The van der Waals surface area contributed by atoms with Crippen molar-refractivity contribution in [3.63, 3.8) is 0 Å². The summed E-state index contributed by atoms with van der Waals surface area (Å²) in [7, 11) is -7.41. The van der Waals surface area contributed by atoms with E-state index in [1.807, 2.05) is 24.3 Å². The average molecular weight is 449 g/mol. The van der Waals surface area contributed by atoms with Crippen molar-refractivity contribution in [2.45, 2.75) is 73.2 Å². The summed E-state index contributed by atoms with van der Waals surface area (Å²) >= 11 is 0. The van der Waals surface area contributed by atoms with E-state index >= 15 is 0 Å². The first-order chi connectivity index (χ1) is 14.4. The molecule has 2 aliphatic rings. The highest BCUT2D eigenvalue weighted by atomic mass is 32.2. The molecule has 1 saturated carbocycles. The quantitative estimate of drug-likeness (QED) is 0.705. The minimum atomic E-state index is -3.76. The third-order valence-corrected chi connectivity index (χ3v) is 9.06. The maximum atomic E-state index is 12.9. The third kappa shape index (κ3) is 4.77. The van der Waals surface area contributed by atoms with Gasteiger partial charge in [0.25, 0.3) is 0 Å². The highest BCUT2D eigenvalue weighted by molar-refractivity contribution is 7.90. The van der Waals surface area contributed by atoms with Gasteiger partial charge in [0, 0.05) is 12.1 Å². The molecule has 6 nitrogen and oxygen atoms in total. The first-order valence-corrected chi connectivity index (χ1v) is 13.5. The molecule has 8 heteroatoms. The van der Waals surface area contributed by atoms with Gasteiger partial charge in [0.2, 0.25) is 20.0 Å². The van der Waals surface area contributed by atoms with Gasteiger partial charge in [0.1, 0.15) is 0 Å². The zero-order chi connectivity index (χ0) is 21.2. The highest BCUT2D eigenvalue weighted by Gasteiger charge is 2.27. The largest absolute Gasteiger partial charge is 0.241 e. The molecule has 2 N–H and O–H groups in total. The summed E-state index contributed by atoms with van der Waals surface area (Å²) in [5, 5.41) is 0. The molecule has 0 spiro atoms. The van der Waals surface area contributed by atoms with E-state index < -0.39 is 20.0 Å². The van der Waals surface area contributed by atoms with E-state index in [9.17, 15) is 16.8 Å². The molecule has 0 aliphatic heterocycles. The number of fused-ring (bicyclic) bond motifs is 1. The molecule has 0 unspecified atom stereocenters. The molecule has 0 amide bonds. The zero-order valence-corrected chi connectivity index (χ0v) is 18.5. The van der Waals surface area contributed by atoms with Crippen LogP contribution >= 0.6 is 0 Å². The molecule has 162 valence electrons. The van der Waals surface area contributed by atoms with Crippen molar-refractivity contribution in [1.82, 2.24) is 9.44 Å². The van der Waals surface area contributed by atoms with Crippen molar-refractivity contribution in [2.75, 3.05) is 0 Å². The molecule has 0 bridgehead atoms. The van der Waals surface area contributed by atoms with Crippen molar-refractivity contribution in [2.24, 2.45) is 0 Å². The van der Waals surface area contributed by atoms with Gasteiger partial charge in [-0.1, -0.05) is 43.5 Å². The summed E-state index contributed by atoms with van der Waals surface area (Å²) in [6.07, 6.45) is 7.51. The van der Waals surface area contributed by atoms with Gasteiger partial charge in [-0.15, -0.1) is 0 Å². The maximum Gasteiger partial charge on any atom is 0.241 e. The molecule has 30 heavy (non-hydrogen) atoms. The van der Waals surface area contributed by atoms with Gasteiger partial charge in [0.05, 0.1) is 9.79 Å². The van der Waals surface area contributed by atoms with Gasteiger partial charge < -0.3 is 0 Å². The van der Waals surface area contributed by atoms with Gasteiger partial charge in [0.15, 0.2) is 0 Å². The van der Waals surface area contributed by atoms with Gasteiger partial charge in [-0.2, -0.15) is 0 Å². The fourth-order valence-electron chi connectivity index (χ4n) is 4.44. The van der Waals surface area contributed by atoms with Crippen LogP contribution in [0.4, 0.5) is 0 Å². The fourth-order valence-corrected chi connectivity index (χ4v) is 6.99. The average Bonchev–Trinajstić information content (AvgIpc) is 2.74. The second-order valence-corrected chi connectivity index (χ2v) is 11.6. The lowest BCUT2D eigenvalue weighted by Crippen LogP contribution is -2.36. The Bertz CT molecular complexity index is 1090. The summed E-state index contributed by atoms with van der Waals surface area (Å²) in [6, 6.07) is 13.1. The van der Waals surface area contributed by atoms with Gasteiger partial charge in [-0.25, -0.2) is 26.3 Å². The van der Waals surface area contributed by atoms with E-state index in [2.05, 4.69) is 9.44 Å². The molecule has 1 fully saturated rings. The molecular formula is C22H28N2O4S2. The van der Waals surface area contributed by atoms with E-state index in [4.69, 9.17) is 0 Å². The van der Waals surface area contributed by atoms with Crippen LogP contribution in [-0.4, -0.2) is 22.9 Å². The third-order valence-electron chi connectivity index (χ3n) is 6.04. The summed E-state index contributed by atoms with van der Waals surface area (Å²) in [6.45, 7) is 0. The van der Waals surface area contributed by atoms with Crippen LogP contribution < -0.4 is 9.44 Å². The van der Waals surface area contributed by atoms with Crippen molar-refractivity contribution in [1.29, 1.82) is 0 Å². The molecule has 0 radical (unpaired) electrons. The Morgan fingerprint density at radius 2 is 1.27 bits per heavy atom. The first-order valence-electron chi connectivity index (χ1n) is 10.6. The number of nitrogens with one attached hydrogen (secondary N) is 2. The summed E-state index contributed by atoms with van der Waals surface area (Å²) in [4.78, 5) is 0.164. The number of benzene rings is 2. The lowest BCUT2D eigenvalue weighted by molar-refractivity contribution is 0.412. The Balaban J connectivity index is 1.49. The summed E-state index contributed by atoms with van der Waals surface area (Å²) in [5.41, 5.74) is 2.19. The van der Waals surface area contributed by atoms with Crippen LogP contribution in [0.2, 0.25) is 0 Å². The molecule has 2 aliphatic carbocycles. The van der Waals surface area contributed by atoms with Crippen molar-refractivity contribution in [3.8, 4) is 0 Å². The van der Waals surface area contributed by atoms with E-state index in [0.29, 0.717) is 0 Å². The van der Waals surface area contributed by atoms with Crippen LogP contribution in [0.3, 0.4) is 0 Å². The van der Waals surface area contributed by atoms with Crippen LogP contribution in [-0.2, 0) is 26.5 Å². The van der Waals surface area contributed by atoms with Crippen LogP contribution in [0.15, 0.2) is 58.3 Å². The number of hydrogen-bond donors (Lipinski definition) is 2. The number of rotatable bonds is 6. The maximum absolute atomic E-state index is 12.9. The standard InChI is InChI=1S/C22H28N2O4S2/c25-29(26,23-18-9-2-1-3-10-18)19-13-15-20(16-14-19)30(27,28)24-22-12-6-8-17-7-4-5-11-21(17)22/h4-5,7,11,13-16,18,22-24H,1-3,6,8-10,12H2/t22-/m1/s1. The number of sulfonamides is 2. The smallest absolute Gasteiger partial charge is 0.208 e. The predicted octanol–water partition coefficient (Wildman–Crippen LogP) is 3.65. The molecule has 2 aromatic rings. The van der Waals surface area contributed by atoms with Crippen LogP contribution in [0.25, 0.3) is 0 Å². The van der Waals surface area contributed by atoms with Crippen molar-refractivity contribution >= 4 is 20.0 Å². The first kappa shape index (κ1) is 21.5. The summed E-state index contributed by atoms with van der Waals surface area (Å²) in [5.74, 6) is 0. The Kier molecular flexibility index (Phi) is 6.29. The fraction of sp³-hybridized carbons (Fsp3) is 0.455. The van der Waals surface area contributed by atoms with Gasteiger partial charge in [-0.3, -0.25) is 0 Å². The van der Waals surface area contributed by atoms with Crippen molar-refractivity contribution in [3.05, 3.63) is 59.7 Å². The molecule has 0 aromatic heterocycles. The topological polar surface area (TPSA) is 92.3 Å². The molecule has 0 saturated heterocycles. The molecule has 0 heterocycles. The van der Waals surface area contributed by atoms with E-state index in [-0.39, 0.29) is 21.9 Å². The monoisotopic (exact) mass is 448 g/mol. The Labute approximate surface area is 179 Å². The minimum absolute atomic E-state index is 0.0415. The normalized spacial score (nSPS) is 20.6. The second kappa shape index (κ2) is 8.78. The lowest BCUT2D eigenvalue weighted by atomic mass is 9.88. The van der Waals surface area contributed by atoms with E-state index in [0.717, 1.165) is 56.9 Å². The molecule has 2 aromatic carbocycles. The molecule has 1 atom stereocenters. The van der Waals surface area contributed by atoms with Gasteiger partial charge in [-0.05, 0) is 67.5 Å². The van der Waals surface area contributed by atoms with E-state index in [1.54, 1.807) is 0 Å². The van der Waals surface area contributed by atoms with Crippen molar-refractivity contribution < 1.29 is 16.8 Å². The lowest BCUT2D eigenvalue weighted by Gasteiger charge is -2.26. The van der Waals surface area contributed by atoms with Gasteiger partial charge >= 0.3 is 0 Å². The summed E-state index contributed by atoms with van der Waals surface area (Å²) < 4.78 is 56.7. The van der Waals surface area contributed by atoms with Crippen LogP contribution in [0.1, 0.15) is 62.1 Å². The van der Waals surface area contributed by atoms with Crippen LogP contribution in [0, 0.1) is 0 Å². The predicted molar refractivity (Wildman–Crippen MR) is 116 cm³/mol. The van der Waals surface area contributed by atoms with E-state index in [1.165, 1.54) is 29.8 Å². The number of hydrogen-bond acceptors (Lipinski definition) is 4. The Morgan fingerprint density at radius 3 is 1.93 bits per heavy atom. The number of aryl methyl sites for hydroxylation is 1. The highest BCUT2D eigenvalue weighted by Crippen LogP contribution is 2.31. The zero-order valence-electron chi connectivity index (χ0n) is 16.9. The SMILES string of the molecule is O=S(=O)(NC1CCCCC1)c1ccc(S(=O)(=O)N[C@@H]2CCCc3ccccc32)cc1. The Morgan fingerprint density at radius 1 is 0.667 bits per heavy atom. The molecule has 4 rings (SSSR count). The molecular weight excluding hydrogens is 420 g/mol. The van der Waals surface area contributed by atoms with Crippen LogP contribution in [0.5, 0.6) is 0 Å².